The van der Waals surface area contributed by atoms with Gasteiger partial charge in [0.2, 0.25) is 0 Å². The molecule has 0 spiro atoms. The summed E-state index contributed by atoms with van der Waals surface area (Å²) in [5, 5.41) is 27.1. The highest BCUT2D eigenvalue weighted by molar-refractivity contribution is 7.86. The summed E-state index contributed by atoms with van der Waals surface area (Å²) in [6.07, 6.45) is 2.77. The van der Waals surface area contributed by atoms with Crippen molar-refractivity contribution in [3.8, 4) is 11.5 Å². The molecule has 0 heterocycles. The first-order valence-corrected chi connectivity index (χ1v) is 10.7. The van der Waals surface area contributed by atoms with Crippen LogP contribution >= 0.6 is 0 Å². The fourth-order valence-corrected chi connectivity index (χ4v) is 3.54. The lowest BCUT2D eigenvalue weighted by atomic mass is 10.1. The molecule has 2 aromatic carbocycles. The number of hydrogen-bond acceptors (Lipinski definition) is 6. The lowest BCUT2D eigenvalue weighted by Crippen LogP contribution is -2.20. The Balaban J connectivity index is 1.93. The fourth-order valence-electron chi connectivity index (χ4n) is 2.77. The number of ether oxygens (including phenoxy) is 1. The number of rotatable bonds is 11. The molecule has 0 aromatic heterocycles. The van der Waals surface area contributed by atoms with E-state index >= 15 is 0 Å². The van der Waals surface area contributed by atoms with Gasteiger partial charge in [0.25, 0.3) is 10.1 Å². The number of aliphatic hydroxyl groups excluding tert-OH is 2. The van der Waals surface area contributed by atoms with Gasteiger partial charge in [0.05, 0.1) is 18.0 Å². The Labute approximate surface area is 170 Å². The first kappa shape index (κ1) is 22.9. The minimum atomic E-state index is -4.24. The zero-order valence-corrected chi connectivity index (χ0v) is 16.7. The predicted molar refractivity (Wildman–Crippen MR) is 110 cm³/mol. The summed E-state index contributed by atoms with van der Waals surface area (Å²) in [6, 6.07) is 13.1. The van der Waals surface area contributed by atoms with Crippen LogP contribution in [0.4, 0.5) is 0 Å². The number of aromatic hydroxyl groups is 1. The Hall–Kier alpha value is -2.39. The number of allylic oxidation sites excluding steroid dienone is 1. The van der Waals surface area contributed by atoms with Crippen molar-refractivity contribution in [3.63, 3.8) is 0 Å². The summed E-state index contributed by atoms with van der Waals surface area (Å²) < 4.78 is 38.2. The van der Waals surface area contributed by atoms with Crippen molar-refractivity contribution in [1.82, 2.24) is 0 Å². The maximum Gasteiger partial charge on any atom is 0.268 e. The third-order valence-electron chi connectivity index (χ3n) is 4.41. The highest BCUT2D eigenvalue weighted by Gasteiger charge is 2.21. The highest BCUT2D eigenvalue weighted by Crippen LogP contribution is 2.20. The van der Waals surface area contributed by atoms with Crippen molar-refractivity contribution in [3.05, 3.63) is 71.8 Å². The Morgan fingerprint density at radius 3 is 2.28 bits per heavy atom. The largest absolute Gasteiger partial charge is 0.508 e. The average molecular weight is 422 g/mol. The van der Waals surface area contributed by atoms with E-state index in [4.69, 9.17) is 9.84 Å². The minimum absolute atomic E-state index is 0.0612. The molecule has 158 valence electrons. The number of aliphatic hydroxyl groups is 2. The van der Waals surface area contributed by atoms with Gasteiger partial charge in [-0.1, -0.05) is 36.4 Å². The molecule has 0 aliphatic heterocycles. The number of aryl methyl sites for hydroxylation is 1. The molecule has 2 atom stereocenters. The van der Waals surface area contributed by atoms with E-state index in [2.05, 4.69) is 0 Å². The molecule has 8 heteroatoms. The second kappa shape index (κ2) is 11.0. The zero-order chi connectivity index (χ0) is 21.3. The second-order valence-electron chi connectivity index (χ2n) is 6.59. The van der Waals surface area contributed by atoms with Gasteiger partial charge in [0.15, 0.2) is 0 Å². The van der Waals surface area contributed by atoms with Crippen LogP contribution in [0.5, 0.6) is 11.5 Å². The summed E-state index contributed by atoms with van der Waals surface area (Å²) in [7, 11) is -4.24. The van der Waals surface area contributed by atoms with E-state index in [1.54, 1.807) is 36.4 Å². The van der Waals surface area contributed by atoms with Crippen LogP contribution < -0.4 is 4.74 Å². The van der Waals surface area contributed by atoms with Crippen LogP contribution in [0.25, 0.3) is 0 Å². The van der Waals surface area contributed by atoms with Gasteiger partial charge in [0, 0.05) is 0 Å². The maximum absolute atomic E-state index is 11.7. The molecular weight excluding hydrogens is 396 g/mol. The summed E-state index contributed by atoms with van der Waals surface area (Å²) in [4.78, 5) is 0. The highest BCUT2D eigenvalue weighted by atomic mass is 32.2. The molecule has 2 aromatic rings. The van der Waals surface area contributed by atoms with Crippen molar-refractivity contribution in [2.24, 2.45) is 0 Å². The molecule has 0 amide bonds. The minimum Gasteiger partial charge on any atom is -0.508 e. The average Bonchev–Trinajstić information content (AvgIpc) is 2.69. The molecule has 0 radical (unpaired) electrons. The quantitative estimate of drug-likeness (QED) is 0.324. The van der Waals surface area contributed by atoms with Gasteiger partial charge < -0.3 is 20.1 Å². The molecule has 0 aliphatic rings. The molecule has 0 bridgehead atoms. The van der Waals surface area contributed by atoms with Crippen LogP contribution in [-0.4, -0.2) is 46.8 Å². The van der Waals surface area contributed by atoms with Crippen molar-refractivity contribution in [2.45, 2.75) is 30.6 Å². The molecule has 0 saturated heterocycles. The van der Waals surface area contributed by atoms with E-state index < -0.39 is 21.5 Å². The molecular formula is C21H26O7S. The van der Waals surface area contributed by atoms with Gasteiger partial charge in [-0.05, 0) is 54.7 Å². The van der Waals surface area contributed by atoms with Crippen molar-refractivity contribution >= 4 is 10.1 Å². The first-order chi connectivity index (χ1) is 13.8. The first-order valence-electron chi connectivity index (χ1n) is 9.22. The third-order valence-corrected chi connectivity index (χ3v) is 5.68. The summed E-state index contributed by atoms with van der Waals surface area (Å²) in [5.41, 5.74) is 1.45. The Bertz CT molecular complexity index is 874. The van der Waals surface area contributed by atoms with Crippen LogP contribution in [0.2, 0.25) is 0 Å². The van der Waals surface area contributed by atoms with E-state index in [-0.39, 0.29) is 31.8 Å². The van der Waals surface area contributed by atoms with Crippen LogP contribution in [0.15, 0.2) is 60.7 Å². The third kappa shape index (κ3) is 7.86. The Morgan fingerprint density at radius 1 is 1.03 bits per heavy atom. The van der Waals surface area contributed by atoms with E-state index in [1.807, 2.05) is 0 Å². The van der Waals surface area contributed by atoms with Gasteiger partial charge in [-0.2, -0.15) is 8.42 Å². The molecule has 0 aliphatic carbocycles. The molecule has 0 unspecified atom stereocenters. The summed E-state index contributed by atoms with van der Waals surface area (Å²) in [5.74, 6) is 0.699. The van der Waals surface area contributed by atoms with Crippen molar-refractivity contribution in [1.29, 1.82) is 0 Å². The number of hydrogen-bond donors (Lipinski definition) is 4. The van der Waals surface area contributed by atoms with E-state index in [9.17, 15) is 23.2 Å². The van der Waals surface area contributed by atoms with E-state index in [0.29, 0.717) is 17.7 Å². The lowest BCUT2D eigenvalue weighted by Gasteiger charge is -2.13. The predicted octanol–water partition coefficient (Wildman–Crippen LogP) is 2.63. The summed E-state index contributed by atoms with van der Waals surface area (Å²) >= 11 is 0. The van der Waals surface area contributed by atoms with Crippen LogP contribution in [-0.2, 0) is 16.5 Å². The normalized spacial score (nSPS) is 14.0. The fraction of sp³-hybridized carbons (Fsp3) is 0.333. The molecule has 29 heavy (non-hydrogen) atoms. The topological polar surface area (TPSA) is 124 Å². The maximum atomic E-state index is 11.7. The van der Waals surface area contributed by atoms with Gasteiger partial charge in [-0.25, -0.2) is 0 Å². The molecule has 2 rings (SSSR count). The zero-order valence-electron chi connectivity index (χ0n) is 15.9. The Kier molecular flexibility index (Phi) is 8.66. The Morgan fingerprint density at radius 2 is 1.69 bits per heavy atom. The molecule has 0 fully saturated rings. The van der Waals surface area contributed by atoms with Crippen LogP contribution in [0, 0.1) is 0 Å². The monoisotopic (exact) mass is 422 g/mol. The molecule has 7 nitrogen and oxygen atoms in total. The van der Waals surface area contributed by atoms with Gasteiger partial charge >= 0.3 is 0 Å². The SMILES string of the molecule is O=S(=O)(O)[C@@H](CC=C[C@@H](O)c1ccc(O)cc1)CCc1ccc(OCCO)cc1. The van der Waals surface area contributed by atoms with Gasteiger partial charge in [0.1, 0.15) is 18.1 Å². The standard InChI is InChI=1S/C21H26O7S/c22-14-15-28-19-11-4-16(5-12-19)6-13-20(29(25,26)27)2-1-3-21(24)17-7-9-18(23)10-8-17/h1,3-5,7-12,20-24H,2,6,13-15H2,(H,25,26,27)/t20-,21+/m0/s1. The van der Waals surface area contributed by atoms with E-state index in [1.165, 1.54) is 24.3 Å². The van der Waals surface area contributed by atoms with Crippen molar-refractivity contribution < 1.29 is 33.0 Å². The van der Waals surface area contributed by atoms with Gasteiger partial charge in [-0.15, -0.1) is 0 Å². The summed E-state index contributed by atoms with van der Waals surface area (Å²) in [6.45, 7) is 0.124. The van der Waals surface area contributed by atoms with Gasteiger partial charge in [-0.3, -0.25) is 4.55 Å². The van der Waals surface area contributed by atoms with Crippen molar-refractivity contribution in [2.75, 3.05) is 13.2 Å². The molecule has 4 N–H and O–H groups in total. The number of phenolic OH excluding ortho intramolecular Hbond substituents is 1. The smallest absolute Gasteiger partial charge is 0.268 e. The van der Waals surface area contributed by atoms with Crippen LogP contribution in [0.1, 0.15) is 30.1 Å². The number of benzene rings is 2. The second-order valence-corrected chi connectivity index (χ2v) is 8.29. The lowest BCUT2D eigenvalue weighted by molar-refractivity contribution is 0.201. The van der Waals surface area contributed by atoms with E-state index in [0.717, 1.165) is 5.56 Å². The molecule has 0 saturated carbocycles. The van der Waals surface area contributed by atoms with Crippen LogP contribution in [0.3, 0.4) is 0 Å². The number of phenols is 1.